The van der Waals surface area contributed by atoms with Gasteiger partial charge in [0.1, 0.15) is 5.75 Å². The number of para-hydroxylation sites is 1. The van der Waals surface area contributed by atoms with E-state index in [1.807, 2.05) is 18.2 Å². The zero-order valence-electron chi connectivity index (χ0n) is 10.4. The normalized spacial score (nSPS) is 12.4. The van der Waals surface area contributed by atoms with Crippen LogP contribution in [0.4, 0.5) is 0 Å². The number of hydrogen-bond donors (Lipinski definition) is 2. The molecule has 90 valence electrons. The fraction of sp³-hybridized carbons (Fsp3) is 0.538. The molecule has 0 heterocycles. The molecule has 0 aliphatic rings. The third-order valence-corrected chi connectivity index (χ3v) is 2.61. The molecular formula is C13H22N2O. The predicted molar refractivity (Wildman–Crippen MR) is 68.0 cm³/mol. The summed E-state index contributed by atoms with van der Waals surface area (Å²) in [6, 6.07) is 8.45. The van der Waals surface area contributed by atoms with Crippen molar-refractivity contribution in [3.63, 3.8) is 0 Å². The smallest absolute Gasteiger partial charge is 0.123 e. The lowest BCUT2D eigenvalue weighted by Gasteiger charge is -2.17. The quantitative estimate of drug-likeness (QED) is 0.692. The Morgan fingerprint density at radius 1 is 1.25 bits per heavy atom. The van der Waals surface area contributed by atoms with Gasteiger partial charge in [0.15, 0.2) is 0 Å². The second kappa shape index (κ2) is 7.25. The van der Waals surface area contributed by atoms with E-state index in [0.717, 1.165) is 25.4 Å². The lowest BCUT2D eigenvalue weighted by atomic mass is 10.1. The Hall–Kier alpha value is -1.06. The van der Waals surface area contributed by atoms with Crippen molar-refractivity contribution in [1.82, 2.24) is 10.6 Å². The van der Waals surface area contributed by atoms with Gasteiger partial charge in [-0.25, -0.2) is 0 Å². The van der Waals surface area contributed by atoms with Crippen molar-refractivity contribution < 1.29 is 4.74 Å². The van der Waals surface area contributed by atoms with Crippen LogP contribution in [-0.2, 0) is 0 Å². The Balaban J connectivity index is 2.48. The van der Waals surface area contributed by atoms with Crippen molar-refractivity contribution in [3.8, 4) is 5.75 Å². The number of nitrogens with one attached hydrogen (secondary N) is 2. The second-order valence-electron chi connectivity index (χ2n) is 3.77. The number of rotatable bonds is 7. The van der Waals surface area contributed by atoms with Crippen molar-refractivity contribution in [2.24, 2.45) is 0 Å². The Morgan fingerprint density at radius 3 is 2.69 bits per heavy atom. The third kappa shape index (κ3) is 3.83. The minimum Gasteiger partial charge on any atom is -0.496 e. The number of benzene rings is 1. The summed E-state index contributed by atoms with van der Waals surface area (Å²) in [4.78, 5) is 0. The molecule has 0 amide bonds. The van der Waals surface area contributed by atoms with E-state index in [2.05, 4.69) is 30.5 Å². The first-order chi connectivity index (χ1) is 7.79. The molecule has 0 saturated heterocycles. The van der Waals surface area contributed by atoms with Crippen LogP contribution in [0.5, 0.6) is 5.75 Å². The van der Waals surface area contributed by atoms with Gasteiger partial charge in [0.2, 0.25) is 0 Å². The molecule has 3 nitrogen and oxygen atoms in total. The monoisotopic (exact) mass is 222 g/mol. The van der Waals surface area contributed by atoms with Crippen molar-refractivity contribution in [2.45, 2.75) is 19.9 Å². The minimum absolute atomic E-state index is 0.315. The van der Waals surface area contributed by atoms with Crippen LogP contribution in [-0.4, -0.2) is 26.7 Å². The summed E-state index contributed by atoms with van der Waals surface area (Å²) in [6.45, 7) is 7.25. The van der Waals surface area contributed by atoms with Gasteiger partial charge in [-0.15, -0.1) is 0 Å². The molecule has 2 N–H and O–H groups in total. The van der Waals surface area contributed by atoms with Gasteiger partial charge in [0.25, 0.3) is 0 Å². The molecule has 0 saturated carbocycles. The first-order valence-corrected chi connectivity index (χ1v) is 5.86. The SMILES string of the molecule is CCNCCN[C@@H](C)c1ccccc1OC. The molecule has 3 heteroatoms. The molecule has 0 radical (unpaired) electrons. The molecule has 0 aromatic heterocycles. The fourth-order valence-corrected chi connectivity index (χ4v) is 1.69. The van der Waals surface area contributed by atoms with E-state index in [1.165, 1.54) is 5.56 Å². The highest BCUT2D eigenvalue weighted by Crippen LogP contribution is 2.23. The van der Waals surface area contributed by atoms with Gasteiger partial charge in [-0.2, -0.15) is 0 Å². The number of ether oxygens (including phenoxy) is 1. The zero-order valence-corrected chi connectivity index (χ0v) is 10.4. The fourth-order valence-electron chi connectivity index (χ4n) is 1.69. The highest BCUT2D eigenvalue weighted by atomic mass is 16.5. The lowest BCUT2D eigenvalue weighted by Crippen LogP contribution is -2.29. The molecule has 0 bridgehead atoms. The van der Waals surface area contributed by atoms with Gasteiger partial charge in [-0.3, -0.25) is 0 Å². The van der Waals surface area contributed by atoms with Crippen LogP contribution < -0.4 is 15.4 Å². The summed E-state index contributed by atoms with van der Waals surface area (Å²) in [5, 5.41) is 6.76. The maximum atomic E-state index is 5.34. The van der Waals surface area contributed by atoms with Crippen LogP contribution >= 0.6 is 0 Å². The molecule has 0 aliphatic heterocycles. The van der Waals surface area contributed by atoms with E-state index in [-0.39, 0.29) is 0 Å². The molecule has 1 atom stereocenters. The summed E-state index contributed by atoms with van der Waals surface area (Å²) < 4.78 is 5.34. The molecular weight excluding hydrogens is 200 g/mol. The largest absolute Gasteiger partial charge is 0.496 e. The number of hydrogen-bond acceptors (Lipinski definition) is 3. The second-order valence-corrected chi connectivity index (χ2v) is 3.77. The Morgan fingerprint density at radius 2 is 2.00 bits per heavy atom. The topological polar surface area (TPSA) is 33.3 Å². The molecule has 1 aromatic carbocycles. The van der Waals surface area contributed by atoms with Crippen LogP contribution in [0.15, 0.2) is 24.3 Å². The first kappa shape index (κ1) is 13.0. The van der Waals surface area contributed by atoms with Crippen LogP contribution in [0.3, 0.4) is 0 Å². The molecule has 1 rings (SSSR count). The van der Waals surface area contributed by atoms with Crippen LogP contribution in [0, 0.1) is 0 Å². The molecule has 0 aliphatic carbocycles. The number of methoxy groups -OCH3 is 1. The van der Waals surface area contributed by atoms with Crippen LogP contribution in [0.1, 0.15) is 25.5 Å². The zero-order chi connectivity index (χ0) is 11.8. The average molecular weight is 222 g/mol. The maximum absolute atomic E-state index is 5.34. The van der Waals surface area contributed by atoms with Crippen LogP contribution in [0.25, 0.3) is 0 Å². The molecule has 0 unspecified atom stereocenters. The summed E-state index contributed by atoms with van der Waals surface area (Å²) in [6.07, 6.45) is 0. The van der Waals surface area contributed by atoms with Crippen molar-refractivity contribution in [2.75, 3.05) is 26.7 Å². The Labute approximate surface area is 98.2 Å². The van der Waals surface area contributed by atoms with Crippen molar-refractivity contribution in [3.05, 3.63) is 29.8 Å². The maximum Gasteiger partial charge on any atom is 0.123 e. The van der Waals surface area contributed by atoms with Gasteiger partial charge >= 0.3 is 0 Å². The van der Waals surface area contributed by atoms with Crippen LogP contribution in [0.2, 0.25) is 0 Å². The van der Waals surface area contributed by atoms with Crippen molar-refractivity contribution in [1.29, 1.82) is 0 Å². The van der Waals surface area contributed by atoms with Gasteiger partial charge < -0.3 is 15.4 Å². The third-order valence-electron chi connectivity index (χ3n) is 2.61. The standard InChI is InChI=1S/C13H22N2O/c1-4-14-9-10-15-11(2)12-7-5-6-8-13(12)16-3/h5-8,11,14-15H,4,9-10H2,1-3H3/t11-/m0/s1. The lowest BCUT2D eigenvalue weighted by molar-refractivity contribution is 0.401. The number of likely N-dealkylation sites (N-methyl/N-ethyl adjacent to an activating group) is 1. The minimum atomic E-state index is 0.315. The van der Waals surface area contributed by atoms with E-state index in [4.69, 9.17) is 4.74 Å². The highest BCUT2D eigenvalue weighted by Gasteiger charge is 2.09. The van der Waals surface area contributed by atoms with Gasteiger partial charge in [-0.1, -0.05) is 25.1 Å². The van der Waals surface area contributed by atoms with Gasteiger partial charge in [0, 0.05) is 24.7 Å². The van der Waals surface area contributed by atoms with Gasteiger partial charge in [0.05, 0.1) is 7.11 Å². The van der Waals surface area contributed by atoms with Crippen molar-refractivity contribution >= 4 is 0 Å². The van der Waals surface area contributed by atoms with E-state index < -0.39 is 0 Å². The van der Waals surface area contributed by atoms with Gasteiger partial charge in [-0.05, 0) is 19.5 Å². The van der Waals surface area contributed by atoms with E-state index >= 15 is 0 Å². The summed E-state index contributed by atoms with van der Waals surface area (Å²) >= 11 is 0. The Kier molecular flexibility index (Phi) is 5.90. The summed E-state index contributed by atoms with van der Waals surface area (Å²) in [7, 11) is 1.71. The average Bonchev–Trinajstić information content (AvgIpc) is 2.34. The highest BCUT2D eigenvalue weighted by molar-refractivity contribution is 5.35. The van der Waals surface area contributed by atoms with E-state index in [0.29, 0.717) is 6.04 Å². The predicted octanol–water partition coefficient (Wildman–Crippen LogP) is 1.96. The van der Waals surface area contributed by atoms with E-state index in [1.54, 1.807) is 7.11 Å². The summed E-state index contributed by atoms with van der Waals surface area (Å²) in [5.74, 6) is 0.950. The van der Waals surface area contributed by atoms with E-state index in [9.17, 15) is 0 Å². The molecule has 0 fully saturated rings. The summed E-state index contributed by atoms with van der Waals surface area (Å²) in [5.41, 5.74) is 1.21. The molecule has 0 spiro atoms. The first-order valence-electron chi connectivity index (χ1n) is 5.86. The molecule has 16 heavy (non-hydrogen) atoms. The Bertz CT molecular complexity index is 302. The molecule has 1 aromatic rings.